The number of carboxylic acid groups (broad SMARTS) is 1. The number of methoxy groups -OCH3 is 2. The summed E-state index contributed by atoms with van der Waals surface area (Å²) >= 11 is 0. The number of hydrogen-bond acceptors (Lipinski definition) is 8. The summed E-state index contributed by atoms with van der Waals surface area (Å²) in [6, 6.07) is 17.1. The first kappa shape index (κ1) is 27.7. The zero-order valence-electron chi connectivity index (χ0n) is 21.2. The first-order valence-electron chi connectivity index (χ1n) is 11.4. The van der Waals surface area contributed by atoms with Crippen LogP contribution < -0.4 is 14.8 Å². The molecule has 0 heterocycles. The Morgan fingerprint density at radius 1 is 0.737 bits per heavy atom. The van der Waals surface area contributed by atoms with E-state index in [-0.39, 0.29) is 22.6 Å². The van der Waals surface area contributed by atoms with Gasteiger partial charge in [0.15, 0.2) is 0 Å². The number of carbonyl (C=O) groups is 4. The van der Waals surface area contributed by atoms with Crippen molar-refractivity contribution in [1.82, 2.24) is 0 Å². The standard InChI is InChI=1S/C28H27NO9/c1-16-7-5-9-18(13-16)27(33)37-23(25(30)29-21-15-20(35-3)11-12-22(21)36-4)24(26(31)32)38-28(34)19-10-6-8-17(2)14-19/h5-15,23-24H,1-4H3,(H,29,30)(H,31,32)/t23-,24+/m0/s1. The number of amides is 1. The minimum atomic E-state index is -2.17. The number of ether oxygens (including phenoxy) is 4. The SMILES string of the molecule is COc1ccc(OC)c(NC(=O)[C@@H](OC(=O)c2cccc(C)c2)[C@@H](OC(=O)c2cccc(C)c2)C(=O)O)c1. The fourth-order valence-electron chi connectivity index (χ4n) is 3.52. The lowest BCUT2D eigenvalue weighted by molar-refractivity contribution is -0.157. The quantitative estimate of drug-likeness (QED) is 0.382. The van der Waals surface area contributed by atoms with Crippen molar-refractivity contribution in [3.8, 4) is 11.5 Å². The molecule has 38 heavy (non-hydrogen) atoms. The molecule has 2 N–H and O–H groups in total. The minimum Gasteiger partial charge on any atom is -0.497 e. The van der Waals surface area contributed by atoms with Gasteiger partial charge in [0.2, 0.25) is 12.2 Å². The topological polar surface area (TPSA) is 137 Å². The summed E-state index contributed by atoms with van der Waals surface area (Å²) in [5.41, 5.74) is 1.73. The normalized spacial score (nSPS) is 12.0. The smallest absolute Gasteiger partial charge is 0.349 e. The maximum Gasteiger partial charge on any atom is 0.349 e. The van der Waals surface area contributed by atoms with Gasteiger partial charge in [-0.15, -0.1) is 0 Å². The zero-order valence-corrected chi connectivity index (χ0v) is 21.2. The molecular formula is C28H27NO9. The fraction of sp³-hybridized carbons (Fsp3) is 0.214. The predicted octanol–water partition coefficient (Wildman–Crippen LogP) is 3.79. The van der Waals surface area contributed by atoms with Crippen LogP contribution in [0, 0.1) is 13.8 Å². The number of carbonyl (C=O) groups excluding carboxylic acids is 3. The number of esters is 2. The summed E-state index contributed by atoms with van der Waals surface area (Å²) in [4.78, 5) is 51.3. The van der Waals surface area contributed by atoms with E-state index < -0.39 is 36.0 Å². The highest BCUT2D eigenvalue weighted by Crippen LogP contribution is 2.29. The lowest BCUT2D eigenvalue weighted by Crippen LogP contribution is -2.48. The Hall–Kier alpha value is -4.86. The molecule has 0 aromatic heterocycles. The molecule has 2 atom stereocenters. The molecule has 0 spiro atoms. The van der Waals surface area contributed by atoms with Crippen LogP contribution in [-0.4, -0.2) is 55.3 Å². The third kappa shape index (κ3) is 6.88. The van der Waals surface area contributed by atoms with Gasteiger partial charge < -0.3 is 29.4 Å². The van der Waals surface area contributed by atoms with E-state index >= 15 is 0 Å². The van der Waals surface area contributed by atoms with Gasteiger partial charge in [-0.2, -0.15) is 0 Å². The zero-order chi connectivity index (χ0) is 27.8. The van der Waals surface area contributed by atoms with Crippen LogP contribution in [0.5, 0.6) is 11.5 Å². The van der Waals surface area contributed by atoms with Crippen molar-refractivity contribution in [3.05, 3.63) is 89.0 Å². The number of aryl methyl sites for hydroxylation is 2. The first-order chi connectivity index (χ1) is 18.1. The molecule has 10 nitrogen and oxygen atoms in total. The van der Waals surface area contributed by atoms with Crippen LogP contribution in [0.2, 0.25) is 0 Å². The Bertz CT molecular complexity index is 1350. The predicted molar refractivity (Wildman–Crippen MR) is 137 cm³/mol. The average molecular weight is 522 g/mol. The van der Waals surface area contributed by atoms with E-state index in [4.69, 9.17) is 18.9 Å². The van der Waals surface area contributed by atoms with Gasteiger partial charge in [-0.05, 0) is 50.2 Å². The Morgan fingerprint density at radius 3 is 1.76 bits per heavy atom. The van der Waals surface area contributed by atoms with E-state index in [1.54, 1.807) is 44.2 Å². The summed E-state index contributed by atoms with van der Waals surface area (Å²) in [5.74, 6) is -4.15. The van der Waals surface area contributed by atoms with E-state index in [0.717, 1.165) is 11.1 Å². The van der Waals surface area contributed by atoms with Crippen molar-refractivity contribution in [3.63, 3.8) is 0 Å². The van der Waals surface area contributed by atoms with Gasteiger partial charge in [0.05, 0.1) is 31.0 Å². The molecule has 0 aliphatic rings. The number of aliphatic carboxylic acids is 1. The lowest BCUT2D eigenvalue weighted by Gasteiger charge is -2.24. The van der Waals surface area contributed by atoms with Gasteiger partial charge in [-0.3, -0.25) is 4.79 Å². The summed E-state index contributed by atoms with van der Waals surface area (Å²) in [5, 5.41) is 12.4. The van der Waals surface area contributed by atoms with E-state index in [1.807, 2.05) is 0 Å². The third-order valence-electron chi connectivity index (χ3n) is 5.42. The highest BCUT2D eigenvalue weighted by Gasteiger charge is 2.41. The molecule has 0 aliphatic carbocycles. The second kappa shape index (κ2) is 12.4. The number of nitrogens with one attached hydrogen (secondary N) is 1. The van der Waals surface area contributed by atoms with Gasteiger partial charge in [-0.25, -0.2) is 14.4 Å². The number of hydrogen-bond donors (Lipinski definition) is 2. The molecule has 198 valence electrons. The number of anilines is 1. The highest BCUT2D eigenvalue weighted by atomic mass is 16.6. The molecule has 3 aromatic carbocycles. The van der Waals surface area contributed by atoms with Crippen molar-refractivity contribution in [2.24, 2.45) is 0 Å². The second-order valence-corrected chi connectivity index (χ2v) is 8.28. The van der Waals surface area contributed by atoms with Crippen molar-refractivity contribution in [2.75, 3.05) is 19.5 Å². The van der Waals surface area contributed by atoms with Crippen LogP contribution >= 0.6 is 0 Å². The van der Waals surface area contributed by atoms with Crippen molar-refractivity contribution in [1.29, 1.82) is 0 Å². The molecule has 10 heteroatoms. The third-order valence-corrected chi connectivity index (χ3v) is 5.42. The van der Waals surface area contributed by atoms with Crippen LogP contribution in [0.3, 0.4) is 0 Å². The number of benzene rings is 3. The largest absolute Gasteiger partial charge is 0.497 e. The molecule has 1 amide bonds. The van der Waals surface area contributed by atoms with Gasteiger partial charge in [0, 0.05) is 6.07 Å². The van der Waals surface area contributed by atoms with Gasteiger partial charge >= 0.3 is 17.9 Å². The van der Waals surface area contributed by atoms with Crippen LogP contribution in [0.25, 0.3) is 0 Å². The molecule has 0 unspecified atom stereocenters. The van der Waals surface area contributed by atoms with Gasteiger partial charge in [0.25, 0.3) is 5.91 Å². The van der Waals surface area contributed by atoms with E-state index in [2.05, 4.69) is 5.32 Å². The van der Waals surface area contributed by atoms with E-state index in [1.165, 1.54) is 50.6 Å². The van der Waals surface area contributed by atoms with Crippen LogP contribution in [0.1, 0.15) is 31.8 Å². The maximum absolute atomic E-state index is 13.4. The van der Waals surface area contributed by atoms with Crippen molar-refractivity contribution >= 4 is 29.5 Å². The van der Waals surface area contributed by atoms with E-state index in [9.17, 15) is 24.3 Å². The van der Waals surface area contributed by atoms with Gasteiger partial charge in [-0.1, -0.05) is 35.4 Å². The van der Waals surface area contributed by atoms with Crippen LogP contribution in [0.15, 0.2) is 66.7 Å². The Labute approximate surface area is 219 Å². The maximum atomic E-state index is 13.4. The molecule has 3 aromatic rings. The Morgan fingerprint density at radius 2 is 1.29 bits per heavy atom. The number of rotatable bonds is 10. The van der Waals surface area contributed by atoms with Gasteiger partial charge in [0.1, 0.15) is 11.5 Å². The Kier molecular flexibility index (Phi) is 9.04. The molecule has 0 saturated carbocycles. The first-order valence-corrected chi connectivity index (χ1v) is 11.4. The highest BCUT2D eigenvalue weighted by molar-refractivity contribution is 6.02. The summed E-state index contributed by atoms with van der Waals surface area (Å²) < 4.78 is 21.0. The summed E-state index contributed by atoms with van der Waals surface area (Å²) in [6.45, 7) is 3.49. The lowest BCUT2D eigenvalue weighted by atomic mass is 10.1. The summed E-state index contributed by atoms with van der Waals surface area (Å²) in [7, 11) is 2.79. The van der Waals surface area contributed by atoms with Crippen LogP contribution in [0.4, 0.5) is 5.69 Å². The second-order valence-electron chi connectivity index (χ2n) is 8.28. The van der Waals surface area contributed by atoms with Crippen LogP contribution in [-0.2, 0) is 19.1 Å². The Balaban J connectivity index is 1.98. The molecule has 0 fully saturated rings. The van der Waals surface area contributed by atoms with Crippen molar-refractivity contribution < 1.29 is 43.2 Å². The molecule has 0 radical (unpaired) electrons. The number of carboxylic acids is 1. The average Bonchev–Trinajstić information content (AvgIpc) is 2.90. The van der Waals surface area contributed by atoms with E-state index in [0.29, 0.717) is 5.75 Å². The molecule has 0 saturated heterocycles. The minimum absolute atomic E-state index is 0.0647. The monoisotopic (exact) mass is 521 g/mol. The summed E-state index contributed by atoms with van der Waals surface area (Å²) in [6.07, 6.45) is -4.24. The molecule has 0 aliphatic heterocycles. The van der Waals surface area contributed by atoms with Crippen molar-refractivity contribution in [2.45, 2.75) is 26.1 Å². The fourth-order valence-corrected chi connectivity index (χ4v) is 3.52. The molecule has 3 rings (SSSR count). The molecule has 0 bridgehead atoms. The molecular weight excluding hydrogens is 494 g/mol.